The van der Waals surface area contributed by atoms with Crippen LogP contribution in [0.2, 0.25) is 0 Å². The molecule has 0 amide bonds. The second-order valence-corrected chi connectivity index (χ2v) is 4.70. The molecule has 90 valence electrons. The zero-order valence-corrected chi connectivity index (χ0v) is 9.55. The maximum atomic E-state index is 11.1. The summed E-state index contributed by atoms with van der Waals surface area (Å²) in [4.78, 5) is 11.1. The van der Waals surface area contributed by atoms with Crippen LogP contribution in [0.15, 0.2) is 12.2 Å². The van der Waals surface area contributed by atoms with Crippen LogP contribution in [0.5, 0.6) is 0 Å². The summed E-state index contributed by atoms with van der Waals surface area (Å²) in [5.74, 6) is -0.875. The number of carbonyl (C=O) groups is 1. The van der Waals surface area contributed by atoms with Crippen LogP contribution in [-0.2, 0) is 19.6 Å². The van der Waals surface area contributed by atoms with Gasteiger partial charge in [0.2, 0.25) is 0 Å². The van der Waals surface area contributed by atoms with E-state index in [1.165, 1.54) is 0 Å². The summed E-state index contributed by atoms with van der Waals surface area (Å²) in [5.41, 5.74) is 0.229. The van der Waals surface area contributed by atoms with Gasteiger partial charge in [0.1, 0.15) is 0 Å². The van der Waals surface area contributed by atoms with Gasteiger partial charge >= 0.3 is 57.4 Å². The van der Waals surface area contributed by atoms with Gasteiger partial charge in [0.05, 0.1) is 12.4 Å². The second-order valence-electron chi connectivity index (χ2n) is 3.13. The van der Waals surface area contributed by atoms with Gasteiger partial charge in [-0.25, -0.2) is 4.79 Å². The van der Waals surface area contributed by atoms with Crippen LogP contribution in [0.3, 0.4) is 0 Å². The molecule has 0 aromatic carbocycles. The molecule has 16 heavy (non-hydrogen) atoms. The molecule has 0 fully saturated rings. The number of hydrogen-bond donors (Lipinski definition) is 1. The number of carbonyl (C=O) groups excluding carboxylic acids is 1. The first-order valence-electron chi connectivity index (χ1n) is 4.67. The number of rotatable bonds is 7. The van der Waals surface area contributed by atoms with Crippen molar-refractivity contribution in [1.82, 2.24) is 0 Å². The third-order valence-corrected chi connectivity index (χ3v) is 2.41. The average Bonchev–Trinajstić information content (AvgIpc) is 2.11. The van der Waals surface area contributed by atoms with Crippen molar-refractivity contribution in [1.29, 1.82) is 0 Å². The predicted octanol–water partition coefficient (Wildman–Crippen LogP) is 0.515. The molecule has 0 aliphatic rings. The Kier molecular flexibility index (Phi) is 11.6. The Balaban J connectivity index is 0. The molecule has 0 aliphatic carbocycles. The zero-order chi connectivity index (χ0) is 11.9. The Labute approximate surface area is 139 Å². The van der Waals surface area contributed by atoms with E-state index in [0.717, 1.165) is 6.42 Å². The molecule has 0 radical (unpaired) electrons. The molecule has 0 atom stereocenters. The van der Waals surface area contributed by atoms with Gasteiger partial charge in [-0.15, -0.1) is 0 Å². The van der Waals surface area contributed by atoms with Gasteiger partial charge in [-0.05, 0) is 19.3 Å². The van der Waals surface area contributed by atoms with Gasteiger partial charge in [0.25, 0.3) is 10.1 Å². The molecule has 0 bridgehead atoms. The van der Waals surface area contributed by atoms with Gasteiger partial charge in [-0.3, -0.25) is 4.55 Å². The van der Waals surface area contributed by atoms with Gasteiger partial charge in [0, 0.05) is 5.57 Å². The van der Waals surface area contributed by atoms with Crippen LogP contribution < -0.4 is 0 Å². The van der Waals surface area contributed by atoms with Crippen molar-refractivity contribution < 1.29 is 22.5 Å². The molecule has 5 nitrogen and oxygen atoms in total. The van der Waals surface area contributed by atoms with Crippen molar-refractivity contribution in [3.05, 3.63) is 12.2 Å². The van der Waals surface area contributed by atoms with Gasteiger partial charge in [0.15, 0.2) is 0 Å². The molecule has 1 N–H and O–H groups in total. The third-order valence-electron chi connectivity index (χ3n) is 1.61. The van der Waals surface area contributed by atoms with Crippen LogP contribution in [0, 0.1) is 0 Å². The van der Waals surface area contributed by atoms with Crippen LogP contribution in [0.25, 0.3) is 0 Å². The Hall–Kier alpha value is 0.756. The van der Waals surface area contributed by atoms with Crippen molar-refractivity contribution in [2.45, 2.75) is 26.2 Å². The van der Waals surface area contributed by atoms with E-state index < -0.39 is 16.1 Å². The molecule has 0 aromatic heterocycles. The first-order chi connectivity index (χ1) is 6.87. The quantitative estimate of drug-likeness (QED) is 0.317. The summed E-state index contributed by atoms with van der Waals surface area (Å²) in [6, 6.07) is 0. The van der Waals surface area contributed by atoms with Crippen molar-refractivity contribution in [2.75, 3.05) is 12.4 Å². The third kappa shape index (κ3) is 11.2. The van der Waals surface area contributed by atoms with E-state index in [4.69, 9.17) is 9.29 Å². The first kappa shape index (κ1) is 19.1. The zero-order valence-electron chi connectivity index (χ0n) is 8.73. The van der Waals surface area contributed by atoms with E-state index in [1.807, 2.05) is 6.92 Å². The Morgan fingerprint density at radius 2 is 2.00 bits per heavy atom. The van der Waals surface area contributed by atoms with E-state index >= 15 is 0 Å². The average molecular weight is 276 g/mol. The van der Waals surface area contributed by atoms with Crippen molar-refractivity contribution in [2.24, 2.45) is 0 Å². The molecule has 0 saturated heterocycles. The van der Waals surface area contributed by atoms with Gasteiger partial charge in [-0.1, -0.05) is 13.5 Å². The summed E-state index contributed by atoms with van der Waals surface area (Å²) in [5, 5.41) is 0. The van der Waals surface area contributed by atoms with Gasteiger partial charge in [-0.2, -0.15) is 8.42 Å². The molecule has 0 rings (SSSR count). The summed E-state index contributed by atoms with van der Waals surface area (Å²) < 4.78 is 34.0. The first-order valence-corrected chi connectivity index (χ1v) is 6.27. The summed E-state index contributed by atoms with van der Waals surface area (Å²) >= 11 is 0. The minimum atomic E-state index is -3.96. The molecule has 7 heteroatoms. The van der Waals surface area contributed by atoms with E-state index in [1.54, 1.807) is 0 Å². The molecule has 0 aliphatic heterocycles. The number of hydrogen-bond acceptors (Lipinski definition) is 4. The van der Waals surface area contributed by atoms with E-state index in [0.29, 0.717) is 6.61 Å². The van der Waals surface area contributed by atoms with E-state index in [2.05, 4.69) is 6.58 Å². The number of ether oxygens (including phenoxy) is 1. The second kappa shape index (κ2) is 9.75. The number of esters is 1. The standard InChI is InChI=1S/C9H16O5S.K.H/c1-3-6-14-9(10)8(2)5-4-7-15(11,12)13;;/h2-7H2,1H3,(H,11,12,13);;. The summed E-state index contributed by atoms with van der Waals surface area (Å²) in [6.45, 7) is 5.68. The van der Waals surface area contributed by atoms with Crippen molar-refractivity contribution in [3.8, 4) is 0 Å². The monoisotopic (exact) mass is 276 g/mol. The fraction of sp³-hybridized carbons (Fsp3) is 0.667. The van der Waals surface area contributed by atoms with Crippen LogP contribution in [0.4, 0.5) is 0 Å². The summed E-state index contributed by atoms with van der Waals surface area (Å²) in [7, 11) is -3.96. The normalized spacial score (nSPS) is 10.4. The molecular weight excluding hydrogens is 259 g/mol. The molecule has 0 aromatic rings. The van der Waals surface area contributed by atoms with Crippen LogP contribution in [-0.4, -0.2) is 82.7 Å². The SMILES string of the molecule is C=C(CCCS(=O)(=O)O)C(=O)OCCC.[KH]. The van der Waals surface area contributed by atoms with E-state index in [9.17, 15) is 13.2 Å². The molecule has 0 saturated carbocycles. The molecular formula is C9H17KO5S. The van der Waals surface area contributed by atoms with Crippen LogP contribution in [0.1, 0.15) is 26.2 Å². The fourth-order valence-electron chi connectivity index (χ4n) is 0.867. The van der Waals surface area contributed by atoms with E-state index in [-0.39, 0.29) is 75.6 Å². The Morgan fingerprint density at radius 1 is 1.44 bits per heavy atom. The minimum absolute atomic E-state index is 0. The van der Waals surface area contributed by atoms with Crippen LogP contribution >= 0.6 is 0 Å². The maximum absolute atomic E-state index is 11.1. The van der Waals surface area contributed by atoms with Gasteiger partial charge < -0.3 is 4.74 Å². The molecule has 0 spiro atoms. The molecule has 0 heterocycles. The Morgan fingerprint density at radius 3 is 2.44 bits per heavy atom. The fourth-order valence-corrected chi connectivity index (χ4v) is 1.38. The summed E-state index contributed by atoms with van der Waals surface area (Å²) in [6.07, 6.45) is 1.10. The molecule has 0 unspecified atom stereocenters. The van der Waals surface area contributed by atoms with Crippen molar-refractivity contribution >= 4 is 67.5 Å². The Bertz CT molecular complexity index is 323. The van der Waals surface area contributed by atoms with Crippen molar-refractivity contribution in [3.63, 3.8) is 0 Å². The predicted molar refractivity (Wildman–Crippen MR) is 63.2 cm³/mol. The topological polar surface area (TPSA) is 80.7 Å².